The first kappa shape index (κ1) is 23.3. The molecule has 10 heteroatoms. The molecule has 9 nitrogen and oxygen atoms in total. The van der Waals surface area contributed by atoms with Crippen LogP contribution in [0.25, 0.3) is 22.2 Å². The van der Waals surface area contributed by atoms with Crippen LogP contribution in [0.1, 0.15) is 25.3 Å². The molecule has 1 unspecified atom stereocenters. The molecule has 0 aromatic carbocycles. The first-order chi connectivity index (χ1) is 17.0. The lowest BCUT2D eigenvalue weighted by molar-refractivity contribution is -0.00287. The van der Waals surface area contributed by atoms with Gasteiger partial charge in [-0.25, -0.2) is 9.37 Å². The summed E-state index contributed by atoms with van der Waals surface area (Å²) in [4.78, 5) is 11.4. The van der Waals surface area contributed by atoms with Crippen molar-refractivity contribution >= 4 is 22.7 Å². The quantitative estimate of drug-likeness (QED) is 0.390. The number of pyridine rings is 2. The zero-order valence-corrected chi connectivity index (χ0v) is 20.1. The number of fused-ring (bicyclic) bond motifs is 1. The Kier molecular flexibility index (Phi) is 6.65. The van der Waals surface area contributed by atoms with E-state index in [1.54, 1.807) is 13.3 Å². The first-order valence-corrected chi connectivity index (χ1v) is 11.8. The van der Waals surface area contributed by atoms with E-state index >= 15 is 0 Å². The summed E-state index contributed by atoms with van der Waals surface area (Å²) in [6.07, 6.45) is 6.61. The van der Waals surface area contributed by atoms with E-state index in [2.05, 4.69) is 44.3 Å². The van der Waals surface area contributed by atoms with Crippen LogP contribution in [0.15, 0.2) is 49.1 Å². The Labute approximate surface area is 203 Å². The van der Waals surface area contributed by atoms with Gasteiger partial charge in [0.15, 0.2) is 5.82 Å². The molecule has 4 aromatic rings. The highest BCUT2D eigenvalue weighted by Gasteiger charge is 2.28. The van der Waals surface area contributed by atoms with Gasteiger partial charge in [-0.3, -0.25) is 14.6 Å². The molecule has 35 heavy (non-hydrogen) atoms. The van der Waals surface area contributed by atoms with Crippen LogP contribution in [-0.2, 0) is 11.3 Å². The van der Waals surface area contributed by atoms with Crippen molar-refractivity contribution < 1.29 is 9.13 Å². The van der Waals surface area contributed by atoms with Crippen molar-refractivity contribution in [3.8, 4) is 11.1 Å². The number of hydrogen-bond donors (Lipinski definition) is 1. The minimum Gasteiger partial charge on any atom is -0.378 e. The number of rotatable bonds is 9. The lowest BCUT2D eigenvalue weighted by Gasteiger charge is -2.36. The largest absolute Gasteiger partial charge is 0.378 e. The van der Waals surface area contributed by atoms with Crippen molar-refractivity contribution in [2.45, 2.75) is 38.6 Å². The maximum atomic E-state index is 13.1. The average Bonchev–Trinajstić information content (AvgIpc) is 3.30. The van der Waals surface area contributed by atoms with E-state index in [1.807, 2.05) is 47.5 Å². The number of nitrogens with one attached hydrogen (secondary N) is 1. The molecule has 0 amide bonds. The molecule has 0 spiro atoms. The van der Waals surface area contributed by atoms with E-state index in [0.717, 1.165) is 27.7 Å². The van der Waals surface area contributed by atoms with E-state index in [-0.39, 0.29) is 6.10 Å². The molecule has 0 radical (unpaired) electrons. The third kappa shape index (κ3) is 5.44. The molecule has 1 atom stereocenters. The summed E-state index contributed by atoms with van der Waals surface area (Å²) in [7, 11) is 1.68. The Balaban J connectivity index is 1.31. The number of hydrogen-bond acceptors (Lipinski definition) is 8. The van der Waals surface area contributed by atoms with Crippen LogP contribution in [0.4, 0.5) is 16.0 Å². The van der Waals surface area contributed by atoms with E-state index in [9.17, 15) is 4.39 Å². The summed E-state index contributed by atoms with van der Waals surface area (Å²) < 4.78 is 20.5. The number of likely N-dealkylation sites (tertiary alicyclic amines) is 1. The van der Waals surface area contributed by atoms with Crippen LogP contribution in [0, 0.1) is 0 Å². The van der Waals surface area contributed by atoms with E-state index < -0.39 is 6.17 Å². The van der Waals surface area contributed by atoms with Crippen LogP contribution in [0.5, 0.6) is 0 Å². The van der Waals surface area contributed by atoms with Crippen molar-refractivity contribution in [3.05, 3.63) is 54.6 Å². The molecule has 1 aliphatic rings. The Morgan fingerprint density at radius 2 is 1.91 bits per heavy atom. The predicted molar refractivity (Wildman–Crippen MR) is 132 cm³/mol. The molecule has 4 aromatic heterocycles. The SMILES string of the molecule is COC(CN1CC(F)C1)Cn1cc(-c2cnc3ccc(Nc4cc(C(C)C)cnn4)nc3c2)cn1. The second-order valence-electron chi connectivity index (χ2n) is 9.24. The number of halogens is 1. The smallest absolute Gasteiger partial charge is 0.154 e. The molecule has 1 aliphatic heterocycles. The molecule has 1 N–H and O–H groups in total. The van der Waals surface area contributed by atoms with Crippen LogP contribution < -0.4 is 5.32 Å². The third-order valence-electron chi connectivity index (χ3n) is 6.20. The number of ether oxygens (including phenoxy) is 1. The molecule has 0 aliphatic carbocycles. The molecule has 0 bridgehead atoms. The lowest BCUT2D eigenvalue weighted by Crippen LogP contribution is -2.51. The maximum absolute atomic E-state index is 13.1. The molecule has 1 fully saturated rings. The summed E-state index contributed by atoms with van der Waals surface area (Å²) in [5.74, 6) is 1.69. The lowest BCUT2D eigenvalue weighted by atomic mass is 10.1. The average molecular weight is 477 g/mol. The topological polar surface area (TPSA) is 93.9 Å². The standard InChI is InChI=1S/C25H29FN8O/c1-16(2)17-7-25(32-28-9-17)31-24-5-4-22-23(30-24)6-18(8-27-22)19-10-29-34(11-19)15-21(35-3)14-33-12-20(26)13-33/h4-11,16,20-21H,12-15H2,1-3H3,(H,30,31,32). The highest BCUT2D eigenvalue weighted by atomic mass is 19.1. The minimum absolute atomic E-state index is 0.0578. The van der Waals surface area contributed by atoms with Crippen LogP contribution in [0.2, 0.25) is 0 Å². The fraction of sp³-hybridized carbons (Fsp3) is 0.400. The summed E-state index contributed by atoms with van der Waals surface area (Å²) >= 11 is 0. The zero-order valence-electron chi connectivity index (χ0n) is 20.1. The normalized spacial score (nSPS) is 15.5. The Hall–Kier alpha value is -3.50. The van der Waals surface area contributed by atoms with E-state index in [0.29, 0.717) is 43.7 Å². The molecular weight excluding hydrogens is 447 g/mol. The molecule has 0 saturated carbocycles. The number of alkyl halides is 1. The second kappa shape index (κ2) is 10.0. The second-order valence-corrected chi connectivity index (χ2v) is 9.24. The number of nitrogens with zero attached hydrogens (tertiary/aromatic N) is 7. The number of anilines is 2. The van der Waals surface area contributed by atoms with E-state index in [4.69, 9.17) is 9.72 Å². The molecule has 182 valence electrons. The van der Waals surface area contributed by atoms with Crippen LogP contribution >= 0.6 is 0 Å². The Bertz CT molecular complexity index is 1300. The molecule has 5 rings (SSSR count). The van der Waals surface area contributed by atoms with Crippen molar-refractivity contribution in [1.82, 2.24) is 34.8 Å². The number of methoxy groups -OCH3 is 1. The van der Waals surface area contributed by atoms with Crippen molar-refractivity contribution in [2.24, 2.45) is 0 Å². The zero-order chi connectivity index (χ0) is 24.4. The van der Waals surface area contributed by atoms with E-state index in [1.165, 1.54) is 0 Å². The molecule has 5 heterocycles. The van der Waals surface area contributed by atoms with Crippen molar-refractivity contribution in [1.29, 1.82) is 0 Å². The van der Waals surface area contributed by atoms with Gasteiger partial charge < -0.3 is 10.1 Å². The van der Waals surface area contributed by atoms with Crippen LogP contribution in [0.3, 0.4) is 0 Å². The van der Waals surface area contributed by atoms with Gasteiger partial charge in [-0.05, 0) is 35.7 Å². The minimum atomic E-state index is -0.716. The molecule has 1 saturated heterocycles. The van der Waals surface area contributed by atoms with Gasteiger partial charge in [0.25, 0.3) is 0 Å². The molecular formula is C25H29FN8O. The fourth-order valence-electron chi connectivity index (χ4n) is 4.10. The Morgan fingerprint density at radius 3 is 2.69 bits per heavy atom. The third-order valence-corrected chi connectivity index (χ3v) is 6.20. The van der Waals surface area contributed by atoms with Gasteiger partial charge in [-0.2, -0.15) is 10.2 Å². The van der Waals surface area contributed by atoms with Gasteiger partial charge in [-0.1, -0.05) is 13.8 Å². The summed E-state index contributed by atoms with van der Waals surface area (Å²) in [5, 5.41) is 16.0. The van der Waals surface area contributed by atoms with Crippen molar-refractivity contribution in [2.75, 3.05) is 32.1 Å². The van der Waals surface area contributed by atoms with Gasteiger partial charge in [0.1, 0.15) is 12.0 Å². The summed E-state index contributed by atoms with van der Waals surface area (Å²) in [6, 6.07) is 7.79. The van der Waals surface area contributed by atoms with Gasteiger partial charge in [0.2, 0.25) is 0 Å². The fourth-order valence-corrected chi connectivity index (χ4v) is 4.10. The monoisotopic (exact) mass is 476 g/mol. The predicted octanol–water partition coefficient (Wildman–Crippen LogP) is 3.82. The first-order valence-electron chi connectivity index (χ1n) is 11.8. The highest BCUT2D eigenvalue weighted by Crippen LogP contribution is 2.24. The maximum Gasteiger partial charge on any atom is 0.154 e. The van der Waals surface area contributed by atoms with Gasteiger partial charge >= 0.3 is 0 Å². The number of aromatic nitrogens is 6. The highest BCUT2D eigenvalue weighted by molar-refractivity contribution is 5.81. The summed E-state index contributed by atoms with van der Waals surface area (Å²) in [6.45, 7) is 6.47. The van der Waals surface area contributed by atoms with Gasteiger partial charge in [0, 0.05) is 50.3 Å². The van der Waals surface area contributed by atoms with Crippen LogP contribution in [-0.4, -0.2) is 73.9 Å². The van der Waals surface area contributed by atoms with Gasteiger partial charge in [0.05, 0.1) is 36.1 Å². The summed E-state index contributed by atoms with van der Waals surface area (Å²) in [5.41, 5.74) is 4.54. The van der Waals surface area contributed by atoms with Gasteiger partial charge in [-0.15, -0.1) is 5.10 Å². The van der Waals surface area contributed by atoms with Crippen molar-refractivity contribution in [3.63, 3.8) is 0 Å². The Morgan fingerprint density at radius 1 is 1.06 bits per heavy atom.